The zero-order valence-electron chi connectivity index (χ0n) is 22.3. The summed E-state index contributed by atoms with van der Waals surface area (Å²) in [5.74, 6) is -1.91. The summed E-state index contributed by atoms with van der Waals surface area (Å²) in [5, 5.41) is 18.5. The van der Waals surface area contributed by atoms with Gasteiger partial charge >= 0.3 is 17.9 Å². The molecule has 2 N–H and O–H groups in total. The van der Waals surface area contributed by atoms with Crippen molar-refractivity contribution in [3.05, 3.63) is 95.1 Å². The molecule has 210 valence electrons. The number of unbranched alkanes of at least 4 members (excludes halogenated alkanes) is 7. The zero-order chi connectivity index (χ0) is 28.7. The van der Waals surface area contributed by atoms with Crippen LogP contribution in [0.3, 0.4) is 0 Å². The Labute approximate surface area is 233 Å². The lowest BCUT2D eigenvalue weighted by molar-refractivity contribution is 0.0396. The molecule has 0 aliphatic heterocycles. The first-order valence-electron chi connectivity index (χ1n) is 13.5. The number of hydrogen-bond acceptors (Lipinski definition) is 8. The summed E-state index contributed by atoms with van der Waals surface area (Å²) in [6.45, 7) is 0.377. The average Bonchev–Trinajstić information content (AvgIpc) is 2.96. The van der Waals surface area contributed by atoms with Gasteiger partial charge in [0.2, 0.25) is 0 Å². The largest absolute Gasteiger partial charge is 0.508 e. The minimum Gasteiger partial charge on any atom is -0.508 e. The number of ether oxygens (including phenoxy) is 2. The number of Topliss-reactive ketones (excluding diaryl/α,β-unsaturated/α-hetero) is 1. The highest BCUT2D eigenvalue weighted by atomic mass is 16.6. The van der Waals surface area contributed by atoms with E-state index in [1.807, 2.05) is 0 Å². The predicted octanol–water partition coefficient (Wildman–Crippen LogP) is 6.65. The molecule has 0 radical (unpaired) electrons. The molecule has 8 heteroatoms. The van der Waals surface area contributed by atoms with Gasteiger partial charge in [-0.3, -0.25) is 4.79 Å². The lowest BCUT2D eigenvalue weighted by Crippen LogP contribution is -2.13. The van der Waals surface area contributed by atoms with Crippen molar-refractivity contribution >= 4 is 23.7 Å². The number of esters is 3. The van der Waals surface area contributed by atoms with Crippen molar-refractivity contribution < 1.29 is 38.9 Å². The van der Waals surface area contributed by atoms with Gasteiger partial charge < -0.3 is 19.7 Å². The van der Waals surface area contributed by atoms with Crippen LogP contribution in [-0.2, 0) is 9.47 Å². The summed E-state index contributed by atoms with van der Waals surface area (Å²) in [5.41, 5.74) is 1.24. The monoisotopic (exact) mass is 546 g/mol. The van der Waals surface area contributed by atoms with Crippen molar-refractivity contribution in [2.24, 2.45) is 0 Å². The summed E-state index contributed by atoms with van der Waals surface area (Å²) in [4.78, 5) is 48.7. The van der Waals surface area contributed by atoms with Crippen molar-refractivity contribution in [2.75, 3.05) is 6.61 Å². The molecule has 0 atom stereocenters. The topological polar surface area (TPSA) is 127 Å². The fourth-order valence-electron chi connectivity index (χ4n) is 4.03. The summed E-state index contributed by atoms with van der Waals surface area (Å²) in [6, 6.07) is 17.4. The second-order valence-electron chi connectivity index (χ2n) is 9.49. The maximum Gasteiger partial charge on any atom is 0.346 e. The highest BCUT2D eigenvalue weighted by Gasteiger charge is 2.16. The first-order chi connectivity index (χ1) is 19.3. The Kier molecular flexibility index (Phi) is 11.9. The fourth-order valence-corrected chi connectivity index (χ4v) is 4.03. The lowest BCUT2D eigenvalue weighted by atomic mass is 10.0. The van der Waals surface area contributed by atoms with Crippen LogP contribution in [0.25, 0.3) is 0 Å². The number of phenolic OH excluding ortho intramolecular Hbond substituents is 2. The van der Waals surface area contributed by atoms with Gasteiger partial charge in [0.1, 0.15) is 11.5 Å². The molecular formula is C32H34O8. The molecule has 3 aromatic carbocycles. The maximum absolute atomic E-state index is 12.5. The quantitative estimate of drug-likeness (QED) is 0.0939. The maximum atomic E-state index is 12.5. The Morgan fingerprint density at radius 2 is 0.850 bits per heavy atom. The van der Waals surface area contributed by atoms with Gasteiger partial charge in [0, 0.05) is 12.0 Å². The number of rotatable bonds is 15. The van der Waals surface area contributed by atoms with Crippen LogP contribution in [0, 0.1) is 0 Å². The van der Waals surface area contributed by atoms with Gasteiger partial charge in [0.05, 0.1) is 23.3 Å². The van der Waals surface area contributed by atoms with E-state index in [0.29, 0.717) is 24.2 Å². The van der Waals surface area contributed by atoms with Crippen LogP contribution in [0.4, 0.5) is 0 Å². The smallest absolute Gasteiger partial charge is 0.346 e. The Bertz CT molecular complexity index is 1260. The molecule has 40 heavy (non-hydrogen) atoms. The van der Waals surface area contributed by atoms with Gasteiger partial charge in [-0.25, -0.2) is 14.4 Å². The van der Waals surface area contributed by atoms with Crippen LogP contribution in [0.15, 0.2) is 72.8 Å². The van der Waals surface area contributed by atoms with Crippen molar-refractivity contribution in [1.82, 2.24) is 0 Å². The molecule has 0 spiro atoms. The molecule has 0 saturated heterocycles. The summed E-state index contributed by atoms with van der Waals surface area (Å²) < 4.78 is 10.1. The second-order valence-corrected chi connectivity index (χ2v) is 9.49. The molecule has 0 bridgehead atoms. The molecule has 0 aromatic heterocycles. The van der Waals surface area contributed by atoms with E-state index in [1.165, 1.54) is 60.7 Å². The predicted molar refractivity (Wildman–Crippen MR) is 149 cm³/mol. The molecule has 0 amide bonds. The highest BCUT2D eigenvalue weighted by molar-refractivity contribution is 6.03. The van der Waals surface area contributed by atoms with Crippen LogP contribution in [0.1, 0.15) is 99.2 Å². The Morgan fingerprint density at radius 1 is 0.475 bits per heavy atom. The number of carbonyl (C=O) groups excluding carboxylic acids is 4. The zero-order valence-corrected chi connectivity index (χ0v) is 22.3. The second kappa shape index (κ2) is 15.8. The number of carbonyl (C=O) groups is 4. The van der Waals surface area contributed by atoms with Gasteiger partial charge in [-0.2, -0.15) is 0 Å². The van der Waals surface area contributed by atoms with Gasteiger partial charge in [-0.05, 0) is 73.5 Å². The standard InChI is InChI=1S/C32H34O8/c33-27-18-14-24(15-19-27)30(36)39-22-8-6-4-2-1-3-5-7-9-29(35)23-10-12-25(13-11-23)31(37)40-32(38)26-16-20-28(34)21-17-26/h10-21,33-34H,1-9,22H2. The van der Waals surface area contributed by atoms with Crippen molar-refractivity contribution in [2.45, 2.75) is 57.8 Å². The van der Waals surface area contributed by atoms with Gasteiger partial charge in [-0.1, -0.05) is 50.7 Å². The van der Waals surface area contributed by atoms with Crippen molar-refractivity contribution in [3.8, 4) is 11.5 Å². The summed E-state index contributed by atoms with van der Waals surface area (Å²) in [7, 11) is 0. The lowest BCUT2D eigenvalue weighted by Gasteiger charge is -2.06. The summed E-state index contributed by atoms with van der Waals surface area (Å²) >= 11 is 0. The van der Waals surface area contributed by atoms with Gasteiger partial charge in [-0.15, -0.1) is 0 Å². The van der Waals surface area contributed by atoms with E-state index in [4.69, 9.17) is 9.47 Å². The molecular weight excluding hydrogens is 512 g/mol. The summed E-state index contributed by atoms with van der Waals surface area (Å²) in [6.07, 6.45) is 8.24. The molecule has 0 heterocycles. The van der Waals surface area contributed by atoms with E-state index < -0.39 is 11.9 Å². The molecule has 3 rings (SSSR count). The van der Waals surface area contributed by atoms with E-state index in [9.17, 15) is 29.4 Å². The third kappa shape index (κ3) is 10.0. The van der Waals surface area contributed by atoms with Crippen LogP contribution >= 0.6 is 0 Å². The number of hydrogen-bond donors (Lipinski definition) is 2. The van der Waals surface area contributed by atoms with Gasteiger partial charge in [0.15, 0.2) is 5.78 Å². The Hall–Kier alpha value is -4.46. The first kappa shape index (κ1) is 30.1. The van der Waals surface area contributed by atoms with E-state index in [-0.39, 0.29) is 34.4 Å². The fraction of sp³-hybridized carbons (Fsp3) is 0.312. The van der Waals surface area contributed by atoms with Crippen LogP contribution in [-0.4, -0.2) is 40.5 Å². The third-order valence-electron chi connectivity index (χ3n) is 6.37. The number of aromatic hydroxyl groups is 2. The minimum atomic E-state index is -0.822. The Morgan fingerprint density at radius 3 is 1.35 bits per heavy atom. The highest BCUT2D eigenvalue weighted by Crippen LogP contribution is 2.16. The first-order valence-corrected chi connectivity index (χ1v) is 13.5. The van der Waals surface area contributed by atoms with Crippen LogP contribution < -0.4 is 0 Å². The van der Waals surface area contributed by atoms with Crippen molar-refractivity contribution in [3.63, 3.8) is 0 Å². The molecule has 0 unspecified atom stereocenters. The van der Waals surface area contributed by atoms with Gasteiger partial charge in [0.25, 0.3) is 0 Å². The van der Waals surface area contributed by atoms with E-state index in [2.05, 4.69) is 0 Å². The number of phenols is 2. The van der Waals surface area contributed by atoms with Crippen molar-refractivity contribution in [1.29, 1.82) is 0 Å². The normalized spacial score (nSPS) is 10.6. The molecule has 8 nitrogen and oxygen atoms in total. The molecule has 0 saturated carbocycles. The SMILES string of the molecule is O=C(CCCCCCCCCCOC(=O)c1ccc(O)cc1)c1ccc(C(=O)OC(=O)c2ccc(O)cc2)cc1. The molecule has 0 aliphatic rings. The van der Waals surface area contributed by atoms with Crippen LogP contribution in [0.2, 0.25) is 0 Å². The number of ketones is 1. The van der Waals surface area contributed by atoms with E-state index >= 15 is 0 Å². The molecule has 0 aliphatic carbocycles. The van der Waals surface area contributed by atoms with E-state index in [1.54, 1.807) is 12.1 Å². The number of benzene rings is 3. The third-order valence-corrected chi connectivity index (χ3v) is 6.37. The molecule has 3 aromatic rings. The minimum absolute atomic E-state index is 0.000598. The van der Waals surface area contributed by atoms with E-state index in [0.717, 1.165) is 51.4 Å². The van der Waals surface area contributed by atoms with Crippen LogP contribution in [0.5, 0.6) is 11.5 Å². The Balaban J connectivity index is 1.22. The molecule has 0 fully saturated rings. The average molecular weight is 547 g/mol.